The average Bonchev–Trinajstić information content (AvgIpc) is 2.37. The van der Waals surface area contributed by atoms with Crippen LogP contribution < -0.4 is 4.72 Å². The lowest BCUT2D eigenvalue weighted by atomic mass is 10.1. The van der Waals surface area contributed by atoms with Gasteiger partial charge < -0.3 is 5.11 Å². The first-order valence-electron chi connectivity index (χ1n) is 5.91. The summed E-state index contributed by atoms with van der Waals surface area (Å²) in [7, 11) is -3.86. The highest BCUT2D eigenvalue weighted by Gasteiger charge is 2.21. The van der Waals surface area contributed by atoms with E-state index >= 15 is 0 Å². The largest absolute Gasteiger partial charge is 0.386 e. The van der Waals surface area contributed by atoms with Crippen LogP contribution in [0.3, 0.4) is 0 Å². The maximum atomic E-state index is 12.1. The number of halogens is 2. The summed E-state index contributed by atoms with van der Waals surface area (Å²) < 4.78 is 49.6. The van der Waals surface area contributed by atoms with Crippen LogP contribution in [0.1, 0.15) is 18.9 Å². The van der Waals surface area contributed by atoms with Crippen LogP contribution in [0.15, 0.2) is 29.2 Å². The van der Waals surface area contributed by atoms with Crippen molar-refractivity contribution in [2.24, 2.45) is 0 Å². The zero-order valence-corrected chi connectivity index (χ0v) is 11.3. The van der Waals surface area contributed by atoms with E-state index < -0.39 is 29.1 Å². The SMILES string of the molecule is CCCc1ccc(S(=O)(=O)NCC(O)C(F)F)cc1. The Bertz CT molecular complexity index is 488. The van der Waals surface area contributed by atoms with Crippen LogP contribution in [0.5, 0.6) is 0 Å². The minimum absolute atomic E-state index is 0.00572. The smallest absolute Gasteiger partial charge is 0.265 e. The van der Waals surface area contributed by atoms with E-state index in [0.717, 1.165) is 18.4 Å². The van der Waals surface area contributed by atoms with Crippen molar-refractivity contribution in [2.45, 2.75) is 37.2 Å². The van der Waals surface area contributed by atoms with Crippen molar-refractivity contribution in [3.8, 4) is 0 Å². The molecule has 1 aromatic carbocycles. The van der Waals surface area contributed by atoms with E-state index in [2.05, 4.69) is 0 Å². The van der Waals surface area contributed by atoms with Gasteiger partial charge in [-0.15, -0.1) is 0 Å². The van der Waals surface area contributed by atoms with Gasteiger partial charge >= 0.3 is 0 Å². The molecule has 0 aromatic heterocycles. The number of nitrogens with one attached hydrogen (secondary N) is 1. The molecule has 0 saturated carbocycles. The summed E-state index contributed by atoms with van der Waals surface area (Å²) in [6, 6.07) is 6.20. The van der Waals surface area contributed by atoms with E-state index in [9.17, 15) is 17.2 Å². The molecule has 19 heavy (non-hydrogen) atoms. The van der Waals surface area contributed by atoms with Gasteiger partial charge in [0, 0.05) is 6.54 Å². The number of aryl methyl sites for hydroxylation is 1. The fourth-order valence-corrected chi connectivity index (χ4v) is 2.54. The first-order valence-corrected chi connectivity index (χ1v) is 7.40. The molecule has 0 aliphatic heterocycles. The molecule has 0 saturated heterocycles. The van der Waals surface area contributed by atoms with Gasteiger partial charge in [0.1, 0.15) is 6.10 Å². The van der Waals surface area contributed by atoms with Crippen LogP contribution >= 0.6 is 0 Å². The molecule has 0 heterocycles. The van der Waals surface area contributed by atoms with Crippen LogP contribution in [0.25, 0.3) is 0 Å². The fraction of sp³-hybridized carbons (Fsp3) is 0.500. The van der Waals surface area contributed by atoms with Gasteiger partial charge in [-0.25, -0.2) is 21.9 Å². The lowest BCUT2D eigenvalue weighted by Crippen LogP contribution is -2.35. The second-order valence-electron chi connectivity index (χ2n) is 4.15. The maximum absolute atomic E-state index is 12.1. The van der Waals surface area contributed by atoms with Gasteiger partial charge in [-0.3, -0.25) is 0 Å². The number of hydrogen-bond donors (Lipinski definition) is 2. The molecule has 1 atom stereocenters. The quantitative estimate of drug-likeness (QED) is 0.801. The molecule has 0 radical (unpaired) electrons. The molecule has 0 spiro atoms. The third kappa shape index (κ3) is 4.85. The predicted molar refractivity (Wildman–Crippen MR) is 67.6 cm³/mol. The normalized spacial score (nSPS) is 13.7. The molecule has 0 aliphatic carbocycles. The molecule has 1 unspecified atom stereocenters. The zero-order valence-electron chi connectivity index (χ0n) is 10.5. The Morgan fingerprint density at radius 3 is 2.32 bits per heavy atom. The van der Waals surface area contributed by atoms with Gasteiger partial charge in [-0.05, 0) is 24.1 Å². The van der Waals surface area contributed by atoms with Gasteiger partial charge in [0.15, 0.2) is 0 Å². The molecule has 0 amide bonds. The molecule has 108 valence electrons. The Labute approximate surface area is 111 Å². The van der Waals surface area contributed by atoms with Gasteiger partial charge in [0.25, 0.3) is 6.43 Å². The molecule has 1 aromatic rings. The highest BCUT2D eigenvalue weighted by Crippen LogP contribution is 2.12. The molecule has 1 rings (SSSR count). The van der Waals surface area contributed by atoms with E-state index in [1.165, 1.54) is 12.1 Å². The number of benzene rings is 1. The van der Waals surface area contributed by atoms with Crippen LogP contribution in [0, 0.1) is 0 Å². The predicted octanol–water partition coefficient (Wildman–Crippen LogP) is 1.54. The van der Waals surface area contributed by atoms with Gasteiger partial charge in [0.2, 0.25) is 10.0 Å². The summed E-state index contributed by atoms with van der Waals surface area (Å²) in [5, 5.41) is 8.87. The van der Waals surface area contributed by atoms with Crippen LogP contribution in [0.4, 0.5) is 8.78 Å². The van der Waals surface area contributed by atoms with E-state index in [0.29, 0.717) is 0 Å². The molecule has 7 heteroatoms. The van der Waals surface area contributed by atoms with Crippen molar-refractivity contribution in [3.05, 3.63) is 29.8 Å². The summed E-state index contributed by atoms with van der Waals surface area (Å²) in [4.78, 5) is -0.00572. The summed E-state index contributed by atoms with van der Waals surface area (Å²) >= 11 is 0. The number of hydrogen-bond acceptors (Lipinski definition) is 3. The Morgan fingerprint density at radius 1 is 1.26 bits per heavy atom. The monoisotopic (exact) mass is 293 g/mol. The fourth-order valence-electron chi connectivity index (χ4n) is 1.49. The Balaban J connectivity index is 2.71. The van der Waals surface area contributed by atoms with Crippen molar-refractivity contribution in [3.63, 3.8) is 0 Å². The standard InChI is InChI=1S/C12H17F2NO3S/c1-2-3-9-4-6-10(7-5-9)19(17,18)15-8-11(16)12(13)14/h4-7,11-12,15-16H,2-3,8H2,1H3. The summed E-state index contributed by atoms with van der Waals surface area (Å²) in [5.41, 5.74) is 1.01. The van der Waals surface area contributed by atoms with Crippen molar-refractivity contribution in [1.82, 2.24) is 4.72 Å². The molecule has 0 aliphatic rings. The minimum Gasteiger partial charge on any atom is -0.386 e. The van der Waals surface area contributed by atoms with Gasteiger partial charge in [-0.2, -0.15) is 0 Å². The minimum atomic E-state index is -3.86. The molecule has 0 bridgehead atoms. The maximum Gasteiger partial charge on any atom is 0.265 e. The topological polar surface area (TPSA) is 66.4 Å². The van der Waals surface area contributed by atoms with E-state index in [4.69, 9.17) is 5.11 Å². The van der Waals surface area contributed by atoms with E-state index in [1.54, 1.807) is 12.1 Å². The van der Waals surface area contributed by atoms with E-state index in [-0.39, 0.29) is 4.90 Å². The molecular weight excluding hydrogens is 276 g/mol. The Hall–Kier alpha value is -1.05. The van der Waals surface area contributed by atoms with Crippen molar-refractivity contribution >= 4 is 10.0 Å². The molecule has 2 N–H and O–H groups in total. The van der Waals surface area contributed by atoms with Crippen LogP contribution in [0.2, 0.25) is 0 Å². The van der Waals surface area contributed by atoms with Crippen LogP contribution in [-0.4, -0.2) is 32.6 Å². The van der Waals surface area contributed by atoms with E-state index in [1.807, 2.05) is 11.6 Å². The van der Waals surface area contributed by atoms with Crippen molar-refractivity contribution < 1.29 is 22.3 Å². The van der Waals surface area contributed by atoms with Crippen LogP contribution in [-0.2, 0) is 16.4 Å². The summed E-state index contributed by atoms with van der Waals surface area (Å²) in [5.74, 6) is 0. The summed E-state index contributed by atoms with van der Waals surface area (Å²) in [6.45, 7) is 1.30. The Kier molecular flexibility index (Phi) is 5.84. The second kappa shape index (κ2) is 6.93. The molecule has 4 nitrogen and oxygen atoms in total. The lowest BCUT2D eigenvalue weighted by Gasteiger charge is -2.11. The highest BCUT2D eigenvalue weighted by molar-refractivity contribution is 7.89. The number of sulfonamides is 1. The molecular formula is C12H17F2NO3S. The third-order valence-electron chi connectivity index (χ3n) is 2.55. The second-order valence-corrected chi connectivity index (χ2v) is 5.91. The average molecular weight is 293 g/mol. The zero-order chi connectivity index (χ0) is 14.5. The van der Waals surface area contributed by atoms with Crippen molar-refractivity contribution in [2.75, 3.05) is 6.54 Å². The number of aliphatic hydroxyl groups is 1. The number of alkyl halides is 2. The lowest BCUT2D eigenvalue weighted by molar-refractivity contribution is -0.000451. The number of aliphatic hydroxyl groups excluding tert-OH is 1. The third-order valence-corrected chi connectivity index (χ3v) is 3.99. The highest BCUT2D eigenvalue weighted by atomic mass is 32.2. The summed E-state index contributed by atoms with van der Waals surface area (Å²) in [6.07, 6.45) is -3.19. The Morgan fingerprint density at radius 2 is 1.84 bits per heavy atom. The molecule has 0 fully saturated rings. The first-order chi connectivity index (χ1) is 8.86. The van der Waals surface area contributed by atoms with Gasteiger partial charge in [0.05, 0.1) is 4.90 Å². The first kappa shape index (κ1) is 16.0. The van der Waals surface area contributed by atoms with Crippen molar-refractivity contribution in [1.29, 1.82) is 0 Å². The number of rotatable bonds is 7. The van der Waals surface area contributed by atoms with Gasteiger partial charge in [-0.1, -0.05) is 25.5 Å².